The van der Waals surface area contributed by atoms with E-state index in [0.717, 1.165) is 0 Å². The van der Waals surface area contributed by atoms with E-state index in [2.05, 4.69) is 5.32 Å². The van der Waals surface area contributed by atoms with Gasteiger partial charge in [-0.1, -0.05) is 42.5 Å². The molecule has 2 aromatic carbocycles. The van der Waals surface area contributed by atoms with Gasteiger partial charge in [0.15, 0.2) is 12.7 Å². The number of aliphatic hydroxyl groups excluding tert-OH is 1. The summed E-state index contributed by atoms with van der Waals surface area (Å²) in [7, 11) is 0. The molecule has 0 unspecified atom stereocenters. The Morgan fingerprint density at radius 2 is 1.88 bits per heavy atom. The second-order valence-electron chi connectivity index (χ2n) is 5.20. The molecule has 0 aliphatic heterocycles. The van der Waals surface area contributed by atoms with Gasteiger partial charge < -0.3 is 15.2 Å². The molecule has 2 rings (SSSR count). The Morgan fingerprint density at radius 3 is 2.52 bits per heavy atom. The zero-order valence-electron chi connectivity index (χ0n) is 13.3. The van der Waals surface area contributed by atoms with Gasteiger partial charge in [-0.15, -0.1) is 0 Å². The van der Waals surface area contributed by atoms with Crippen LogP contribution in [0.25, 0.3) is 0 Å². The fourth-order valence-electron chi connectivity index (χ4n) is 2.13. The predicted octanol–water partition coefficient (Wildman–Crippen LogP) is 2.12. The number of rotatable bonds is 6. The molecule has 0 radical (unpaired) electrons. The van der Waals surface area contributed by atoms with E-state index >= 15 is 0 Å². The third-order valence-electron chi connectivity index (χ3n) is 3.40. The lowest BCUT2D eigenvalue weighted by atomic mass is 10.1. The van der Waals surface area contributed by atoms with Crippen LogP contribution in [0.2, 0.25) is 0 Å². The summed E-state index contributed by atoms with van der Waals surface area (Å²) in [6, 6.07) is 12.5. The van der Waals surface area contributed by atoms with Crippen molar-refractivity contribution in [2.45, 2.75) is 13.0 Å². The summed E-state index contributed by atoms with van der Waals surface area (Å²) in [5, 5.41) is 23.2. The second kappa shape index (κ2) is 8.02. The summed E-state index contributed by atoms with van der Waals surface area (Å²) in [6.07, 6.45) is -1.51. The standard InChI is InChI=1S/C17H16N2O6/c1-11-6-5-9-13(19(23)24)15(11)18-14(20)10-25-17(22)16(21)12-7-3-2-4-8-12/h2-9,16,21H,10H2,1H3,(H,18,20)/t16-/m1/s1. The molecule has 2 aromatic rings. The molecule has 0 aliphatic rings. The predicted molar refractivity (Wildman–Crippen MR) is 88.8 cm³/mol. The molecular formula is C17H16N2O6. The van der Waals surface area contributed by atoms with Crippen LogP contribution >= 0.6 is 0 Å². The molecule has 8 heteroatoms. The van der Waals surface area contributed by atoms with Crippen molar-refractivity contribution in [1.82, 2.24) is 0 Å². The van der Waals surface area contributed by atoms with Crippen LogP contribution in [0.4, 0.5) is 11.4 Å². The van der Waals surface area contributed by atoms with E-state index in [4.69, 9.17) is 4.74 Å². The number of ether oxygens (including phenoxy) is 1. The molecule has 1 amide bonds. The van der Waals surface area contributed by atoms with Crippen molar-refractivity contribution in [2.75, 3.05) is 11.9 Å². The third kappa shape index (κ3) is 4.61. The lowest BCUT2D eigenvalue weighted by molar-refractivity contribution is -0.384. The van der Waals surface area contributed by atoms with Gasteiger partial charge in [0.25, 0.3) is 11.6 Å². The maximum absolute atomic E-state index is 11.9. The van der Waals surface area contributed by atoms with Crippen molar-refractivity contribution in [3.05, 3.63) is 69.8 Å². The number of nitro groups is 1. The van der Waals surface area contributed by atoms with E-state index in [9.17, 15) is 24.8 Å². The lowest BCUT2D eigenvalue weighted by Crippen LogP contribution is -2.24. The number of amides is 1. The smallest absolute Gasteiger partial charge is 0.340 e. The zero-order valence-corrected chi connectivity index (χ0v) is 13.3. The van der Waals surface area contributed by atoms with E-state index < -0.39 is 29.5 Å². The van der Waals surface area contributed by atoms with Gasteiger partial charge in [0, 0.05) is 6.07 Å². The van der Waals surface area contributed by atoms with Crippen molar-refractivity contribution in [1.29, 1.82) is 0 Å². The molecule has 2 N–H and O–H groups in total. The van der Waals surface area contributed by atoms with Crippen molar-refractivity contribution in [3.8, 4) is 0 Å². The van der Waals surface area contributed by atoms with Gasteiger partial charge in [0.2, 0.25) is 0 Å². The van der Waals surface area contributed by atoms with E-state index in [-0.39, 0.29) is 11.4 Å². The fraction of sp³-hybridized carbons (Fsp3) is 0.176. The van der Waals surface area contributed by atoms with Crippen LogP contribution in [-0.4, -0.2) is 28.5 Å². The number of carbonyl (C=O) groups excluding carboxylic acids is 2. The SMILES string of the molecule is Cc1cccc([N+](=O)[O-])c1NC(=O)COC(=O)[C@H](O)c1ccccc1. The van der Waals surface area contributed by atoms with E-state index in [1.54, 1.807) is 43.3 Å². The molecule has 0 heterocycles. The second-order valence-corrected chi connectivity index (χ2v) is 5.20. The topological polar surface area (TPSA) is 119 Å². The lowest BCUT2D eigenvalue weighted by Gasteiger charge is -2.12. The Balaban J connectivity index is 1.98. The highest BCUT2D eigenvalue weighted by Crippen LogP contribution is 2.27. The van der Waals surface area contributed by atoms with Gasteiger partial charge in [-0.3, -0.25) is 14.9 Å². The average molecular weight is 344 g/mol. The first kappa shape index (κ1) is 18.1. The largest absolute Gasteiger partial charge is 0.453 e. The van der Waals surface area contributed by atoms with Crippen LogP contribution in [-0.2, 0) is 14.3 Å². The number of nitrogens with zero attached hydrogens (tertiary/aromatic N) is 1. The quantitative estimate of drug-likeness (QED) is 0.471. The minimum atomic E-state index is -1.51. The first-order valence-corrected chi connectivity index (χ1v) is 7.33. The Labute approximate surface area is 143 Å². The van der Waals surface area contributed by atoms with E-state index in [1.165, 1.54) is 12.1 Å². The highest BCUT2D eigenvalue weighted by molar-refractivity contribution is 5.96. The molecule has 0 aromatic heterocycles. The number of benzene rings is 2. The molecule has 0 bridgehead atoms. The summed E-state index contributed by atoms with van der Waals surface area (Å²) in [6.45, 7) is 0.933. The minimum Gasteiger partial charge on any atom is -0.453 e. The number of nitrogens with one attached hydrogen (secondary N) is 1. The van der Waals surface area contributed by atoms with Gasteiger partial charge in [-0.25, -0.2) is 4.79 Å². The van der Waals surface area contributed by atoms with Crippen LogP contribution in [0.3, 0.4) is 0 Å². The Kier molecular flexibility index (Phi) is 5.80. The summed E-state index contributed by atoms with van der Waals surface area (Å²) in [5.74, 6) is -1.73. The molecule has 0 aliphatic carbocycles. The molecule has 8 nitrogen and oxygen atoms in total. The minimum absolute atomic E-state index is 0.0390. The summed E-state index contributed by atoms with van der Waals surface area (Å²) >= 11 is 0. The van der Waals surface area contributed by atoms with Crippen LogP contribution in [0.15, 0.2) is 48.5 Å². The van der Waals surface area contributed by atoms with Crippen LogP contribution in [0, 0.1) is 17.0 Å². The van der Waals surface area contributed by atoms with Crippen molar-refractivity contribution >= 4 is 23.3 Å². The number of esters is 1. The fourth-order valence-corrected chi connectivity index (χ4v) is 2.13. The summed E-state index contributed by atoms with van der Waals surface area (Å²) in [5.41, 5.74) is 0.613. The Bertz CT molecular complexity index is 791. The summed E-state index contributed by atoms with van der Waals surface area (Å²) < 4.78 is 4.76. The Morgan fingerprint density at radius 1 is 1.20 bits per heavy atom. The van der Waals surface area contributed by atoms with Gasteiger partial charge in [0.1, 0.15) is 5.69 Å². The summed E-state index contributed by atoms with van der Waals surface area (Å²) in [4.78, 5) is 34.1. The van der Waals surface area contributed by atoms with Crippen molar-refractivity contribution < 1.29 is 24.4 Å². The molecule has 0 saturated heterocycles. The maximum Gasteiger partial charge on any atom is 0.340 e. The van der Waals surface area contributed by atoms with Gasteiger partial charge in [-0.05, 0) is 18.1 Å². The van der Waals surface area contributed by atoms with Gasteiger partial charge in [-0.2, -0.15) is 0 Å². The number of aryl methyl sites for hydroxylation is 1. The number of hydrogen-bond donors (Lipinski definition) is 2. The van der Waals surface area contributed by atoms with Crippen molar-refractivity contribution in [2.24, 2.45) is 0 Å². The number of hydrogen-bond acceptors (Lipinski definition) is 6. The van der Waals surface area contributed by atoms with E-state index in [1.807, 2.05) is 0 Å². The molecule has 0 spiro atoms. The van der Waals surface area contributed by atoms with Gasteiger partial charge in [0.05, 0.1) is 4.92 Å². The highest BCUT2D eigenvalue weighted by atomic mass is 16.6. The van der Waals surface area contributed by atoms with E-state index in [0.29, 0.717) is 11.1 Å². The van der Waals surface area contributed by atoms with Crippen LogP contribution in [0.5, 0.6) is 0 Å². The molecular weight excluding hydrogens is 328 g/mol. The molecule has 130 valence electrons. The number of nitro benzene ring substituents is 1. The molecule has 0 saturated carbocycles. The maximum atomic E-state index is 11.9. The first-order valence-electron chi connectivity index (χ1n) is 7.33. The monoisotopic (exact) mass is 344 g/mol. The first-order chi connectivity index (χ1) is 11.9. The van der Waals surface area contributed by atoms with Crippen molar-refractivity contribution in [3.63, 3.8) is 0 Å². The molecule has 0 fully saturated rings. The number of para-hydroxylation sites is 1. The molecule has 1 atom stereocenters. The van der Waals surface area contributed by atoms with Crippen LogP contribution < -0.4 is 5.32 Å². The van der Waals surface area contributed by atoms with Crippen LogP contribution in [0.1, 0.15) is 17.2 Å². The third-order valence-corrected chi connectivity index (χ3v) is 3.40. The highest BCUT2D eigenvalue weighted by Gasteiger charge is 2.21. The number of aliphatic hydroxyl groups is 1. The average Bonchev–Trinajstić information content (AvgIpc) is 2.61. The van der Waals surface area contributed by atoms with Gasteiger partial charge >= 0.3 is 5.97 Å². The number of anilines is 1. The zero-order chi connectivity index (χ0) is 18.4. The normalized spacial score (nSPS) is 11.4. The Hall–Kier alpha value is -3.26. The molecule has 25 heavy (non-hydrogen) atoms. The number of carbonyl (C=O) groups is 2.